The first-order valence-electron chi connectivity index (χ1n) is 12.2. The van der Waals surface area contributed by atoms with Gasteiger partial charge in [0.05, 0.1) is 11.7 Å². The van der Waals surface area contributed by atoms with Gasteiger partial charge in [0.2, 0.25) is 5.91 Å². The molecule has 1 aliphatic rings. The van der Waals surface area contributed by atoms with Crippen molar-refractivity contribution in [3.63, 3.8) is 0 Å². The fourth-order valence-electron chi connectivity index (χ4n) is 5.06. The molecule has 0 radical (unpaired) electrons. The van der Waals surface area contributed by atoms with Crippen LogP contribution in [-0.2, 0) is 15.8 Å². The van der Waals surface area contributed by atoms with Gasteiger partial charge in [-0.2, -0.15) is 13.2 Å². The van der Waals surface area contributed by atoms with Crippen LogP contribution in [0, 0.1) is 25.2 Å². The monoisotopic (exact) mass is 508 g/mol. The van der Waals surface area contributed by atoms with E-state index in [9.17, 15) is 22.8 Å². The first-order chi connectivity index (χ1) is 16.6. The Labute approximate surface area is 209 Å². The number of carbonyl (C=O) groups is 2. The standard InChI is InChI=1S/C26H35F3N4O3/c1-15-6-8-20(16(2)10-15)30-21(34)13-18(7-9-22(35)36)23-24(26(27,28)29)33(32-31-23)19-11-17(12-19)14-25(3,4)5/h6,8,10,17-19H,7,9,11-14H2,1-5H3,(H,30,34)(H,35,36)/t17?,18-,19?/m1/s1. The second-order valence-corrected chi connectivity index (χ2v) is 11.2. The predicted molar refractivity (Wildman–Crippen MR) is 130 cm³/mol. The van der Waals surface area contributed by atoms with E-state index in [1.165, 1.54) is 0 Å². The van der Waals surface area contributed by atoms with Crippen LogP contribution in [0.3, 0.4) is 0 Å². The van der Waals surface area contributed by atoms with Gasteiger partial charge in [-0.3, -0.25) is 9.59 Å². The number of nitrogens with zero attached hydrogens (tertiary/aromatic N) is 3. The Bertz CT molecular complexity index is 1100. The number of halogens is 3. The molecule has 1 amide bonds. The highest BCUT2D eigenvalue weighted by Crippen LogP contribution is 2.47. The lowest BCUT2D eigenvalue weighted by Gasteiger charge is -2.39. The first-order valence-corrected chi connectivity index (χ1v) is 12.2. The molecule has 1 aromatic heterocycles. The topological polar surface area (TPSA) is 97.1 Å². The molecule has 198 valence electrons. The van der Waals surface area contributed by atoms with Gasteiger partial charge in [-0.05, 0) is 62.5 Å². The molecule has 7 nitrogen and oxygen atoms in total. The fourth-order valence-corrected chi connectivity index (χ4v) is 5.06. The van der Waals surface area contributed by atoms with Gasteiger partial charge in [-0.1, -0.05) is 43.7 Å². The molecule has 0 saturated heterocycles. The zero-order valence-electron chi connectivity index (χ0n) is 21.4. The molecular weight excluding hydrogens is 473 g/mol. The van der Waals surface area contributed by atoms with Crippen LogP contribution in [0.4, 0.5) is 18.9 Å². The van der Waals surface area contributed by atoms with Crippen LogP contribution in [0.25, 0.3) is 0 Å². The molecule has 0 bridgehead atoms. The summed E-state index contributed by atoms with van der Waals surface area (Å²) >= 11 is 0. The van der Waals surface area contributed by atoms with Crippen molar-refractivity contribution in [3.05, 3.63) is 40.7 Å². The summed E-state index contributed by atoms with van der Waals surface area (Å²) in [5.41, 5.74) is 1.14. The number of nitrogens with one attached hydrogen (secondary N) is 1. The number of carboxylic acid groups (broad SMARTS) is 1. The molecule has 1 atom stereocenters. The number of anilines is 1. The summed E-state index contributed by atoms with van der Waals surface area (Å²) in [4.78, 5) is 24.1. The maximum absolute atomic E-state index is 14.2. The number of aryl methyl sites for hydroxylation is 2. The number of aliphatic carboxylic acids is 1. The van der Waals surface area contributed by atoms with E-state index in [0.717, 1.165) is 22.2 Å². The molecule has 2 aromatic rings. The zero-order valence-corrected chi connectivity index (χ0v) is 21.4. The molecule has 2 N–H and O–H groups in total. The first kappa shape index (κ1) is 27.7. The van der Waals surface area contributed by atoms with E-state index in [0.29, 0.717) is 24.4 Å². The average Bonchev–Trinajstić information content (AvgIpc) is 3.14. The molecule has 0 unspecified atom stereocenters. The van der Waals surface area contributed by atoms with Crippen LogP contribution in [0.5, 0.6) is 0 Å². The second-order valence-electron chi connectivity index (χ2n) is 11.2. The van der Waals surface area contributed by atoms with Gasteiger partial charge in [0.1, 0.15) is 0 Å². The van der Waals surface area contributed by atoms with Crippen LogP contribution in [0.1, 0.15) is 93.8 Å². The second kappa shape index (κ2) is 10.6. The van der Waals surface area contributed by atoms with E-state index >= 15 is 0 Å². The Morgan fingerprint density at radius 3 is 2.42 bits per heavy atom. The minimum atomic E-state index is -4.74. The van der Waals surface area contributed by atoms with Crippen molar-refractivity contribution < 1.29 is 27.9 Å². The van der Waals surface area contributed by atoms with Crippen molar-refractivity contribution >= 4 is 17.6 Å². The van der Waals surface area contributed by atoms with Gasteiger partial charge >= 0.3 is 12.1 Å². The zero-order chi connectivity index (χ0) is 26.8. The minimum absolute atomic E-state index is 0.0844. The molecule has 1 aromatic carbocycles. The van der Waals surface area contributed by atoms with Gasteiger partial charge < -0.3 is 10.4 Å². The Kier molecular flexibility index (Phi) is 8.15. The summed E-state index contributed by atoms with van der Waals surface area (Å²) in [6.45, 7) is 10.0. The van der Waals surface area contributed by atoms with Gasteiger partial charge in [-0.25, -0.2) is 4.68 Å². The van der Waals surface area contributed by atoms with Gasteiger partial charge in [-0.15, -0.1) is 5.10 Å². The van der Waals surface area contributed by atoms with E-state index in [-0.39, 0.29) is 30.4 Å². The molecule has 1 heterocycles. The molecule has 10 heteroatoms. The highest BCUT2D eigenvalue weighted by atomic mass is 19.4. The highest BCUT2D eigenvalue weighted by Gasteiger charge is 2.45. The molecular formula is C26H35F3N4O3. The number of hydrogen-bond acceptors (Lipinski definition) is 4. The fraction of sp³-hybridized carbons (Fsp3) is 0.615. The predicted octanol–water partition coefficient (Wildman–Crippen LogP) is 6.28. The Balaban J connectivity index is 1.85. The van der Waals surface area contributed by atoms with Crippen LogP contribution in [-0.4, -0.2) is 32.0 Å². The number of aromatic nitrogens is 3. The number of rotatable bonds is 9. The van der Waals surface area contributed by atoms with Gasteiger partial charge in [0.15, 0.2) is 5.69 Å². The number of benzene rings is 1. The van der Waals surface area contributed by atoms with E-state index < -0.39 is 35.7 Å². The van der Waals surface area contributed by atoms with Gasteiger partial charge in [0.25, 0.3) is 0 Å². The SMILES string of the molecule is Cc1ccc(NC(=O)C[C@@H](CCC(=O)O)c2nnn(C3CC(CC(C)(C)C)C3)c2C(F)(F)F)c(C)c1. The van der Waals surface area contributed by atoms with Crippen LogP contribution in [0.2, 0.25) is 0 Å². The quantitative estimate of drug-likeness (QED) is 0.416. The molecule has 36 heavy (non-hydrogen) atoms. The average molecular weight is 509 g/mol. The van der Waals surface area contributed by atoms with Crippen molar-refractivity contribution in [1.29, 1.82) is 0 Å². The molecule has 0 spiro atoms. The number of carboxylic acids is 1. The van der Waals surface area contributed by atoms with Crippen molar-refractivity contribution in [3.8, 4) is 0 Å². The normalized spacial score (nSPS) is 19.0. The molecule has 0 aliphatic heterocycles. The lowest BCUT2D eigenvalue weighted by molar-refractivity contribution is -0.147. The highest BCUT2D eigenvalue weighted by molar-refractivity contribution is 5.92. The number of alkyl halides is 3. The van der Waals surface area contributed by atoms with Crippen molar-refractivity contribution in [2.24, 2.45) is 11.3 Å². The van der Waals surface area contributed by atoms with Crippen LogP contribution < -0.4 is 5.32 Å². The Hall–Kier alpha value is -2.91. The third-order valence-electron chi connectivity index (χ3n) is 6.63. The number of carbonyl (C=O) groups excluding carboxylic acids is 1. The summed E-state index contributed by atoms with van der Waals surface area (Å²) < 4.78 is 43.7. The van der Waals surface area contributed by atoms with Crippen molar-refractivity contribution in [2.45, 2.75) is 91.3 Å². The van der Waals surface area contributed by atoms with Gasteiger partial charge in [0, 0.05) is 24.4 Å². The van der Waals surface area contributed by atoms with Crippen LogP contribution >= 0.6 is 0 Å². The number of hydrogen-bond donors (Lipinski definition) is 2. The summed E-state index contributed by atoms with van der Waals surface area (Å²) in [5, 5.41) is 19.6. The molecule has 1 aliphatic carbocycles. The lowest BCUT2D eigenvalue weighted by atomic mass is 9.71. The smallest absolute Gasteiger partial charge is 0.434 e. The molecule has 3 rings (SSSR count). The number of amides is 1. The summed E-state index contributed by atoms with van der Waals surface area (Å²) in [7, 11) is 0. The van der Waals surface area contributed by atoms with Crippen molar-refractivity contribution in [2.75, 3.05) is 5.32 Å². The van der Waals surface area contributed by atoms with Crippen LogP contribution in [0.15, 0.2) is 18.2 Å². The van der Waals surface area contributed by atoms with E-state index in [2.05, 4.69) is 36.4 Å². The Morgan fingerprint density at radius 1 is 1.19 bits per heavy atom. The summed E-state index contributed by atoms with van der Waals surface area (Å²) in [5.74, 6) is -2.38. The molecule has 1 fully saturated rings. The lowest BCUT2D eigenvalue weighted by Crippen LogP contribution is -2.33. The molecule has 1 saturated carbocycles. The Morgan fingerprint density at radius 2 is 1.86 bits per heavy atom. The maximum atomic E-state index is 14.2. The van der Waals surface area contributed by atoms with E-state index in [4.69, 9.17) is 5.11 Å². The minimum Gasteiger partial charge on any atom is -0.481 e. The van der Waals surface area contributed by atoms with E-state index in [1.54, 1.807) is 6.07 Å². The largest absolute Gasteiger partial charge is 0.481 e. The van der Waals surface area contributed by atoms with E-state index in [1.807, 2.05) is 26.0 Å². The third kappa shape index (κ3) is 7.07. The maximum Gasteiger partial charge on any atom is 0.434 e. The summed E-state index contributed by atoms with van der Waals surface area (Å²) in [6, 6.07) is 5.02. The summed E-state index contributed by atoms with van der Waals surface area (Å²) in [6.07, 6.45) is -3.55. The van der Waals surface area contributed by atoms with Crippen molar-refractivity contribution in [1.82, 2.24) is 15.0 Å². The third-order valence-corrected chi connectivity index (χ3v) is 6.63.